The van der Waals surface area contributed by atoms with Crippen molar-refractivity contribution in [1.29, 1.82) is 0 Å². The lowest BCUT2D eigenvalue weighted by molar-refractivity contribution is -0.223. The third-order valence-corrected chi connectivity index (χ3v) is 2.63. The van der Waals surface area contributed by atoms with Crippen LogP contribution in [0.3, 0.4) is 0 Å². The number of rotatable bonds is 3. The van der Waals surface area contributed by atoms with Crippen LogP contribution in [-0.2, 0) is 23.8 Å². The first-order valence-corrected chi connectivity index (χ1v) is 5.56. The lowest BCUT2D eigenvalue weighted by Crippen LogP contribution is -2.56. The molecule has 0 aromatic carbocycles. The van der Waals surface area contributed by atoms with Gasteiger partial charge in [-0.25, -0.2) is 0 Å². The minimum atomic E-state index is -0.484. The van der Waals surface area contributed by atoms with E-state index in [0.29, 0.717) is 6.42 Å². The molecule has 0 spiro atoms. The molecule has 0 radical (unpaired) electrons. The Labute approximate surface area is 101 Å². The van der Waals surface area contributed by atoms with Gasteiger partial charge >= 0.3 is 5.97 Å². The lowest BCUT2D eigenvalue weighted by Gasteiger charge is -2.39. The highest BCUT2D eigenvalue weighted by molar-refractivity contribution is 5.73. The van der Waals surface area contributed by atoms with Crippen LogP contribution in [0.25, 0.3) is 0 Å². The number of amides is 1. The quantitative estimate of drug-likeness (QED) is 0.719. The van der Waals surface area contributed by atoms with Gasteiger partial charge in [-0.3, -0.25) is 9.59 Å². The first-order valence-electron chi connectivity index (χ1n) is 5.56. The fourth-order valence-corrected chi connectivity index (χ4v) is 1.96. The molecular weight excluding hydrogens is 226 g/mol. The van der Waals surface area contributed by atoms with Crippen LogP contribution in [0.2, 0.25) is 0 Å². The van der Waals surface area contributed by atoms with Crippen LogP contribution in [-0.4, -0.2) is 43.5 Å². The number of carbonyl (C=O) groups is 2. The van der Waals surface area contributed by atoms with Gasteiger partial charge in [-0.15, -0.1) is 0 Å². The van der Waals surface area contributed by atoms with Crippen molar-refractivity contribution in [3.8, 4) is 0 Å². The van der Waals surface area contributed by atoms with Gasteiger partial charge in [0.1, 0.15) is 6.10 Å². The average molecular weight is 245 g/mol. The first kappa shape index (κ1) is 13.9. The summed E-state index contributed by atoms with van der Waals surface area (Å²) >= 11 is 0. The Morgan fingerprint density at radius 1 is 1.35 bits per heavy atom. The molecule has 1 aliphatic heterocycles. The molecule has 0 unspecified atom stereocenters. The third-order valence-electron chi connectivity index (χ3n) is 2.63. The second-order valence-corrected chi connectivity index (χ2v) is 4.12. The zero-order valence-corrected chi connectivity index (χ0v) is 10.6. The number of ether oxygens (including phenoxy) is 3. The molecule has 0 aliphatic carbocycles. The molecule has 17 heavy (non-hydrogen) atoms. The molecule has 1 amide bonds. The number of esters is 1. The van der Waals surface area contributed by atoms with Crippen LogP contribution in [0, 0.1) is 0 Å². The summed E-state index contributed by atoms with van der Waals surface area (Å²) in [6, 6.07) is -0.287. The van der Waals surface area contributed by atoms with Gasteiger partial charge in [0.25, 0.3) is 0 Å². The fraction of sp³-hybridized carbons (Fsp3) is 0.818. The largest absolute Gasteiger partial charge is 0.458 e. The van der Waals surface area contributed by atoms with Crippen molar-refractivity contribution in [3.63, 3.8) is 0 Å². The maximum absolute atomic E-state index is 11.1. The Hall–Kier alpha value is -1.14. The van der Waals surface area contributed by atoms with Crippen molar-refractivity contribution < 1.29 is 23.8 Å². The van der Waals surface area contributed by atoms with Gasteiger partial charge in [0, 0.05) is 27.4 Å². The third kappa shape index (κ3) is 3.98. The maximum atomic E-state index is 11.1. The van der Waals surface area contributed by atoms with E-state index in [-0.39, 0.29) is 18.1 Å². The number of nitrogens with one attached hydrogen (secondary N) is 1. The van der Waals surface area contributed by atoms with Gasteiger partial charge < -0.3 is 19.5 Å². The van der Waals surface area contributed by atoms with E-state index >= 15 is 0 Å². The first-order chi connectivity index (χ1) is 7.93. The minimum absolute atomic E-state index is 0.170. The summed E-state index contributed by atoms with van der Waals surface area (Å²) in [6.45, 7) is 4.54. The van der Waals surface area contributed by atoms with Crippen molar-refractivity contribution in [2.24, 2.45) is 0 Å². The zero-order chi connectivity index (χ0) is 13.0. The average Bonchev–Trinajstić information content (AvgIpc) is 2.21. The molecule has 0 aromatic rings. The Bertz CT molecular complexity index is 294. The molecule has 0 saturated carbocycles. The molecule has 6 nitrogen and oxygen atoms in total. The molecule has 6 heteroatoms. The molecule has 4 atom stereocenters. The van der Waals surface area contributed by atoms with Gasteiger partial charge in [0.05, 0.1) is 12.1 Å². The Kier molecular flexibility index (Phi) is 4.89. The topological polar surface area (TPSA) is 73.9 Å². The summed E-state index contributed by atoms with van der Waals surface area (Å²) in [7, 11) is 1.54. The molecule has 98 valence electrons. The van der Waals surface area contributed by atoms with E-state index in [9.17, 15) is 9.59 Å². The highest BCUT2D eigenvalue weighted by atomic mass is 16.7. The molecule has 1 saturated heterocycles. The second-order valence-electron chi connectivity index (χ2n) is 4.12. The van der Waals surface area contributed by atoms with E-state index in [1.165, 1.54) is 21.0 Å². The summed E-state index contributed by atoms with van der Waals surface area (Å²) in [5.74, 6) is -0.562. The molecule has 1 heterocycles. The summed E-state index contributed by atoms with van der Waals surface area (Å²) < 4.78 is 15.8. The standard InChI is InChI=1S/C11H19NO5/c1-6-11(17-8(3)14)9(12-7(2)13)5-10(15-4)16-6/h6,9-11H,5H2,1-4H3,(H,12,13)/t6-,9-,10+,11+/m1/s1. The van der Waals surface area contributed by atoms with E-state index in [1.807, 2.05) is 0 Å². The van der Waals surface area contributed by atoms with Crippen LogP contribution in [0.4, 0.5) is 0 Å². The second kappa shape index (κ2) is 5.97. The van der Waals surface area contributed by atoms with E-state index in [1.54, 1.807) is 6.92 Å². The number of hydrogen-bond acceptors (Lipinski definition) is 5. The van der Waals surface area contributed by atoms with Gasteiger partial charge in [-0.2, -0.15) is 0 Å². The predicted molar refractivity (Wildman–Crippen MR) is 59.1 cm³/mol. The normalized spacial score (nSPS) is 32.9. The molecule has 1 N–H and O–H groups in total. The van der Waals surface area contributed by atoms with E-state index < -0.39 is 18.4 Å². The van der Waals surface area contributed by atoms with Gasteiger partial charge in [-0.05, 0) is 6.92 Å². The van der Waals surface area contributed by atoms with Crippen LogP contribution in [0.1, 0.15) is 27.2 Å². The van der Waals surface area contributed by atoms with Gasteiger partial charge in [-0.1, -0.05) is 0 Å². The molecule has 1 aliphatic rings. The molecule has 1 rings (SSSR count). The maximum Gasteiger partial charge on any atom is 0.303 e. The smallest absolute Gasteiger partial charge is 0.303 e. The van der Waals surface area contributed by atoms with Crippen molar-refractivity contribution in [1.82, 2.24) is 5.32 Å². The van der Waals surface area contributed by atoms with Crippen LogP contribution < -0.4 is 5.32 Å². The van der Waals surface area contributed by atoms with E-state index in [4.69, 9.17) is 14.2 Å². The van der Waals surface area contributed by atoms with Crippen molar-refractivity contribution in [3.05, 3.63) is 0 Å². The highest BCUT2D eigenvalue weighted by Crippen LogP contribution is 2.23. The van der Waals surface area contributed by atoms with Crippen molar-refractivity contribution >= 4 is 11.9 Å². The lowest BCUT2D eigenvalue weighted by atomic mass is 9.99. The summed E-state index contributed by atoms with van der Waals surface area (Å²) in [6.07, 6.45) is -0.746. The number of methoxy groups -OCH3 is 1. The Morgan fingerprint density at radius 2 is 2.00 bits per heavy atom. The van der Waals surface area contributed by atoms with Crippen molar-refractivity contribution in [2.75, 3.05) is 7.11 Å². The molecule has 0 bridgehead atoms. The molecule has 0 aromatic heterocycles. The van der Waals surface area contributed by atoms with Crippen LogP contribution in [0.5, 0.6) is 0 Å². The highest BCUT2D eigenvalue weighted by Gasteiger charge is 2.39. The number of carbonyl (C=O) groups excluding carboxylic acids is 2. The minimum Gasteiger partial charge on any atom is -0.458 e. The molecule has 1 fully saturated rings. The van der Waals surface area contributed by atoms with Gasteiger partial charge in [0.15, 0.2) is 6.29 Å². The Balaban J connectivity index is 2.74. The van der Waals surface area contributed by atoms with E-state index in [2.05, 4.69) is 5.32 Å². The van der Waals surface area contributed by atoms with Crippen LogP contribution >= 0.6 is 0 Å². The Morgan fingerprint density at radius 3 is 2.47 bits per heavy atom. The van der Waals surface area contributed by atoms with E-state index in [0.717, 1.165) is 0 Å². The van der Waals surface area contributed by atoms with Crippen molar-refractivity contribution in [2.45, 2.75) is 51.7 Å². The van der Waals surface area contributed by atoms with Gasteiger partial charge in [0.2, 0.25) is 5.91 Å². The zero-order valence-electron chi connectivity index (χ0n) is 10.6. The van der Waals surface area contributed by atoms with Crippen LogP contribution in [0.15, 0.2) is 0 Å². The number of hydrogen-bond donors (Lipinski definition) is 1. The molecular formula is C11H19NO5. The fourth-order valence-electron chi connectivity index (χ4n) is 1.96. The SMILES string of the molecule is CO[C@@H]1C[C@@H](NC(C)=O)[C@@H](OC(C)=O)[C@@H](C)O1. The summed E-state index contributed by atoms with van der Waals surface area (Å²) in [5.41, 5.74) is 0. The monoisotopic (exact) mass is 245 g/mol. The summed E-state index contributed by atoms with van der Waals surface area (Å²) in [5, 5.41) is 2.76. The summed E-state index contributed by atoms with van der Waals surface area (Å²) in [4.78, 5) is 22.1. The predicted octanol–water partition coefficient (Wildman–Crippen LogP) is 0.204.